The predicted molar refractivity (Wildman–Crippen MR) is 67.9 cm³/mol. The molecule has 0 aliphatic carbocycles. The third kappa shape index (κ3) is 6.94. The molecule has 2 aromatic carbocycles. The Morgan fingerprint density at radius 3 is 0.667 bits per heavy atom. The molecule has 0 fully saturated rings. The van der Waals surface area contributed by atoms with Gasteiger partial charge in [0.05, 0.1) is 0 Å². The summed E-state index contributed by atoms with van der Waals surface area (Å²) in [5, 5.41) is 34.6. The Kier molecular flexibility index (Phi) is 7.51. The molecule has 18 heavy (non-hydrogen) atoms. The highest BCUT2D eigenvalue weighted by Crippen LogP contribution is 2.13. The highest BCUT2D eigenvalue weighted by Gasteiger charge is 1.84. The Bertz CT molecular complexity index is 343. The van der Waals surface area contributed by atoms with Crippen LogP contribution in [0.5, 0.6) is 23.0 Å². The third-order valence-electron chi connectivity index (χ3n) is 1.70. The zero-order chi connectivity index (χ0) is 14.0. The van der Waals surface area contributed by atoms with Crippen LogP contribution in [0.1, 0.15) is 0 Å². The van der Waals surface area contributed by atoms with E-state index in [2.05, 4.69) is 11.7 Å². The van der Waals surface area contributed by atoms with Crippen LogP contribution >= 0.6 is 0 Å². The summed E-state index contributed by atoms with van der Waals surface area (Å²) in [6.07, 6.45) is 0. The van der Waals surface area contributed by atoms with E-state index in [1.807, 2.05) is 0 Å². The number of aromatic hydroxyl groups is 4. The van der Waals surface area contributed by atoms with Crippen LogP contribution in [0, 0.1) is 0 Å². The number of hydrazine groups is 1. The van der Waals surface area contributed by atoms with Crippen LogP contribution in [-0.4, -0.2) is 20.4 Å². The van der Waals surface area contributed by atoms with Gasteiger partial charge in [-0.15, -0.1) is 0 Å². The Balaban J connectivity index is 0.000000283. The first-order chi connectivity index (χ1) is 8.58. The molecule has 6 heteroatoms. The Morgan fingerprint density at radius 1 is 0.444 bits per heavy atom. The van der Waals surface area contributed by atoms with Crippen LogP contribution < -0.4 is 11.7 Å². The largest absolute Gasteiger partial charge is 0.508 e. The smallest absolute Gasteiger partial charge is 0.115 e. The number of hydrogen-bond acceptors (Lipinski definition) is 6. The topological polar surface area (TPSA) is 133 Å². The highest BCUT2D eigenvalue weighted by molar-refractivity contribution is 5.29. The van der Waals surface area contributed by atoms with Crippen molar-refractivity contribution >= 4 is 0 Å². The number of hydrogen-bond donors (Lipinski definition) is 6. The molecule has 2 aromatic rings. The van der Waals surface area contributed by atoms with Crippen LogP contribution in [-0.2, 0) is 0 Å². The molecule has 0 heterocycles. The van der Waals surface area contributed by atoms with Crippen LogP contribution in [0.25, 0.3) is 0 Å². The third-order valence-corrected chi connectivity index (χ3v) is 1.70. The molecule has 0 amide bonds. The molecule has 0 radical (unpaired) electrons. The summed E-state index contributed by atoms with van der Waals surface area (Å²) >= 11 is 0. The van der Waals surface area contributed by atoms with E-state index in [9.17, 15) is 0 Å². The molecule has 98 valence electrons. The molecule has 0 bridgehead atoms. The fourth-order valence-electron chi connectivity index (χ4n) is 0.905. The average molecular weight is 252 g/mol. The van der Waals surface area contributed by atoms with Crippen LogP contribution in [0.15, 0.2) is 48.5 Å². The first kappa shape index (κ1) is 15.6. The predicted octanol–water partition coefficient (Wildman–Crippen LogP) is 1.01. The summed E-state index contributed by atoms with van der Waals surface area (Å²) in [6, 6.07) is 11.4. The van der Waals surface area contributed by atoms with E-state index < -0.39 is 0 Å². The van der Waals surface area contributed by atoms with Gasteiger partial charge in [0.15, 0.2) is 0 Å². The summed E-state index contributed by atoms with van der Waals surface area (Å²) in [5.41, 5.74) is 0. The van der Waals surface area contributed by atoms with E-state index in [4.69, 9.17) is 20.4 Å². The molecule has 2 rings (SSSR count). The monoisotopic (exact) mass is 252 g/mol. The molecule has 0 spiro atoms. The molecule has 0 aliphatic rings. The number of benzene rings is 2. The van der Waals surface area contributed by atoms with Crippen molar-refractivity contribution in [2.75, 3.05) is 0 Å². The van der Waals surface area contributed by atoms with Gasteiger partial charge in [-0.2, -0.15) is 0 Å². The maximum absolute atomic E-state index is 8.65. The van der Waals surface area contributed by atoms with Crippen molar-refractivity contribution in [1.82, 2.24) is 0 Å². The Morgan fingerprint density at radius 2 is 0.556 bits per heavy atom. The van der Waals surface area contributed by atoms with Gasteiger partial charge in [-0.05, 0) is 48.5 Å². The fourth-order valence-corrected chi connectivity index (χ4v) is 0.905. The van der Waals surface area contributed by atoms with Crippen molar-refractivity contribution in [3.63, 3.8) is 0 Å². The van der Waals surface area contributed by atoms with Gasteiger partial charge in [0, 0.05) is 0 Å². The molecule has 0 unspecified atom stereocenters. The second-order valence-corrected chi connectivity index (χ2v) is 3.03. The standard InChI is InChI=1S/2C6H6O2.H4N2/c2*7-5-1-2-6(8)4-3-5;1-2/h2*1-4,7-8H;1-2H2. The molecule has 0 aliphatic heterocycles. The zero-order valence-electron chi connectivity index (χ0n) is 9.56. The van der Waals surface area contributed by atoms with Crippen LogP contribution in [0.2, 0.25) is 0 Å². The Hall–Kier alpha value is -2.44. The van der Waals surface area contributed by atoms with Crippen LogP contribution in [0.4, 0.5) is 0 Å². The highest BCUT2D eigenvalue weighted by atomic mass is 16.3. The SMILES string of the molecule is NN.Oc1ccc(O)cc1.Oc1ccc(O)cc1. The molecule has 0 atom stereocenters. The van der Waals surface area contributed by atoms with Crippen molar-refractivity contribution in [2.24, 2.45) is 11.7 Å². The summed E-state index contributed by atoms with van der Waals surface area (Å²) in [5.74, 6) is 8.68. The van der Waals surface area contributed by atoms with Crippen LogP contribution in [0.3, 0.4) is 0 Å². The van der Waals surface area contributed by atoms with Crippen molar-refractivity contribution < 1.29 is 20.4 Å². The quantitative estimate of drug-likeness (QED) is 0.235. The summed E-state index contributed by atoms with van der Waals surface area (Å²) < 4.78 is 0. The molecule has 0 saturated heterocycles. The average Bonchev–Trinajstić information content (AvgIpc) is 2.40. The van der Waals surface area contributed by atoms with Crippen molar-refractivity contribution in [1.29, 1.82) is 0 Å². The van der Waals surface area contributed by atoms with E-state index in [-0.39, 0.29) is 23.0 Å². The summed E-state index contributed by atoms with van der Waals surface area (Å²) in [4.78, 5) is 0. The van der Waals surface area contributed by atoms with Gasteiger partial charge in [-0.1, -0.05) is 0 Å². The number of phenols is 4. The number of rotatable bonds is 0. The van der Waals surface area contributed by atoms with Gasteiger partial charge in [0.25, 0.3) is 0 Å². The van der Waals surface area contributed by atoms with Gasteiger partial charge in [-0.3, -0.25) is 11.7 Å². The molecule has 6 nitrogen and oxygen atoms in total. The zero-order valence-corrected chi connectivity index (χ0v) is 9.56. The maximum atomic E-state index is 8.65. The maximum Gasteiger partial charge on any atom is 0.115 e. The van der Waals surface area contributed by atoms with Gasteiger partial charge in [-0.25, -0.2) is 0 Å². The lowest BCUT2D eigenvalue weighted by Crippen LogP contribution is -2.02. The van der Waals surface area contributed by atoms with Gasteiger partial charge in [0.1, 0.15) is 23.0 Å². The van der Waals surface area contributed by atoms with E-state index >= 15 is 0 Å². The second kappa shape index (κ2) is 8.68. The Labute approximate surface area is 104 Å². The first-order valence-corrected chi connectivity index (χ1v) is 4.87. The minimum absolute atomic E-state index is 0.169. The van der Waals surface area contributed by atoms with Crippen molar-refractivity contribution in [3.05, 3.63) is 48.5 Å². The van der Waals surface area contributed by atoms with E-state index in [1.54, 1.807) is 0 Å². The van der Waals surface area contributed by atoms with Gasteiger partial charge in [0.2, 0.25) is 0 Å². The van der Waals surface area contributed by atoms with E-state index in [0.717, 1.165) is 0 Å². The summed E-state index contributed by atoms with van der Waals surface area (Å²) in [6.45, 7) is 0. The molecular formula is C12H16N2O4. The molecule has 0 aromatic heterocycles. The first-order valence-electron chi connectivity index (χ1n) is 4.87. The molecule has 0 saturated carbocycles. The van der Waals surface area contributed by atoms with Gasteiger partial charge < -0.3 is 20.4 Å². The number of nitrogens with two attached hydrogens (primary N) is 2. The second-order valence-electron chi connectivity index (χ2n) is 3.03. The molecular weight excluding hydrogens is 236 g/mol. The molecule has 8 N–H and O–H groups in total. The van der Waals surface area contributed by atoms with Gasteiger partial charge >= 0.3 is 0 Å². The van der Waals surface area contributed by atoms with Crippen molar-refractivity contribution in [2.45, 2.75) is 0 Å². The lowest BCUT2D eigenvalue weighted by Gasteiger charge is -1.88. The lowest BCUT2D eigenvalue weighted by molar-refractivity contribution is 0.460. The summed E-state index contributed by atoms with van der Waals surface area (Å²) in [7, 11) is 0. The van der Waals surface area contributed by atoms with Crippen molar-refractivity contribution in [3.8, 4) is 23.0 Å². The van der Waals surface area contributed by atoms with E-state index in [0.29, 0.717) is 0 Å². The fraction of sp³-hybridized carbons (Fsp3) is 0. The lowest BCUT2D eigenvalue weighted by atomic mass is 10.3. The van der Waals surface area contributed by atoms with E-state index in [1.165, 1.54) is 48.5 Å². The minimum Gasteiger partial charge on any atom is -0.508 e. The normalized spacial score (nSPS) is 8.33. The minimum atomic E-state index is 0.169. The number of phenolic OH excluding ortho intramolecular Hbond substituents is 4.